The van der Waals surface area contributed by atoms with E-state index in [0.29, 0.717) is 23.4 Å². The van der Waals surface area contributed by atoms with Crippen LogP contribution < -0.4 is 11.5 Å². The lowest BCUT2D eigenvalue weighted by Gasteiger charge is -2.15. The quantitative estimate of drug-likeness (QED) is 0.586. The van der Waals surface area contributed by atoms with E-state index in [1.165, 1.54) is 6.33 Å². The van der Waals surface area contributed by atoms with E-state index in [0.717, 1.165) is 24.3 Å². The number of anilines is 1. The summed E-state index contributed by atoms with van der Waals surface area (Å²) in [4.78, 5) is 23.3. The Bertz CT molecular complexity index is 754. The second-order valence-electron chi connectivity index (χ2n) is 6.26. The molecule has 0 bridgehead atoms. The highest BCUT2D eigenvalue weighted by molar-refractivity contribution is 7.96. The van der Waals surface area contributed by atoms with Gasteiger partial charge in [-0.2, -0.15) is 0 Å². The molecule has 4 unspecified atom stereocenters. The molecule has 1 saturated heterocycles. The number of hydrogen-bond donors (Lipinski definition) is 3. The fourth-order valence-corrected chi connectivity index (χ4v) is 4.65. The third kappa shape index (κ3) is 4.02. The molecule has 0 aromatic carbocycles. The van der Waals surface area contributed by atoms with Gasteiger partial charge in [0, 0.05) is 6.42 Å². The molecule has 3 heterocycles. The molecule has 0 aliphatic carbocycles. The molecule has 0 radical (unpaired) electrons. The van der Waals surface area contributed by atoms with Crippen LogP contribution in [0.25, 0.3) is 11.2 Å². The zero-order valence-corrected chi connectivity index (χ0v) is 14.9. The number of nitrogen functional groups attached to an aromatic ring is 1. The molecule has 2 aromatic rings. The van der Waals surface area contributed by atoms with Crippen molar-refractivity contribution in [3.63, 3.8) is 0 Å². The van der Waals surface area contributed by atoms with Crippen LogP contribution in [-0.4, -0.2) is 60.5 Å². The summed E-state index contributed by atoms with van der Waals surface area (Å²) in [6.45, 7) is 0. The van der Waals surface area contributed by atoms with Crippen LogP contribution in [0.2, 0.25) is 0 Å². The molecule has 1 aliphatic heterocycles. The van der Waals surface area contributed by atoms with Crippen LogP contribution in [0, 0.1) is 0 Å². The fraction of sp³-hybridized carbons (Fsp3) is 0.600. The lowest BCUT2D eigenvalue weighted by atomic mass is 10.2. The van der Waals surface area contributed by atoms with Gasteiger partial charge in [0.05, 0.1) is 12.6 Å². The topological polar surface area (TPSA) is 142 Å². The van der Waals surface area contributed by atoms with Gasteiger partial charge in [0.25, 0.3) is 0 Å². The molecule has 0 saturated carbocycles. The largest absolute Gasteiger partial charge is 0.480 e. The van der Waals surface area contributed by atoms with Gasteiger partial charge in [-0.15, -0.1) is 0 Å². The van der Waals surface area contributed by atoms with Crippen LogP contribution in [0.1, 0.15) is 25.5 Å². The van der Waals surface area contributed by atoms with Crippen molar-refractivity contribution in [2.24, 2.45) is 5.73 Å². The monoisotopic (exact) mass is 367 g/mol. The number of ether oxygens (including phenoxy) is 1. The van der Waals surface area contributed by atoms with Gasteiger partial charge in [-0.05, 0) is 23.7 Å². The first-order chi connectivity index (χ1) is 12.0. The average molecular weight is 367 g/mol. The Kier molecular flexibility index (Phi) is 5.40. The summed E-state index contributed by atoms with van der Waals surface area (Å²) in [6.07, 6.45) is 7.62. The van der Waals surface area contributed by atoms with Crippen LogP contribution in [0.15, 0.2) is 12.7 Å². The SMILES string of the molecule is C[S+](CCC(N)C(=O)O)CC1CCC(n2cnc3c(N)ncnc32)O1. The van der Waals surface area contributed by atoms with Crippen LogP contribution >= 0.6 is 0 Å². The number of carboxylic acids is 1. The lowest BCUT2D eigenvalue weighted by molar-refractivity contribution is -0.138. The van der Waals surface area contributed by atoms with Crippen molar-refractivity contribution in [3.05, 3.63) is 12.7 Å². The number of aromatic nitrogens is 4. The van der Waals surface area contributed by atoms with Gasteiger partial charge < -0.3 is 21.3 Å². The maximum Gasteiger partial charge on any atom is 0.320 e. The number of rotatable bonds is 7. The predicted octanol–water partition coefficient (Wildman–Crippen LogP) is 0.136. The molecule has 10 heteroatoms. The predicted molar refractivity (Wildman–Crippen MR) is 96.1 cm³/mol. The Hall–Kier alpha value is -1.91. The molecule has 0 amide bonds. The minimum Gasteiger partial charge on any atom is -0.480 e. The van der Waals surface area contributed by atoms with Crippen molar-refractivity contribution in [1.82, 2.24) is 19.5 Å². The van der Waals surface area contributed by atoms with E-state index < -0.39 is 12.0 Å². The first-order valence-corrected chi connectivity index (χ1v) is 10.1. The number of imidazole rings is 1. The van der Waals surface area contributed by atoms with E-state index in [2.05, 4.69) is 21.2 Å². The highest BCUT2D eigenvalue weighted by Crippen LogP contribution is 2.31. The van der Waals surface area contributed by atoms with Crippen molar-refractivity contribution in [1.29, 1.82) is 0 Å². The number of hydrogen-bond acceptors (Lipinski definition) is 7. The second-order valence-corrected chi connectivity index (χ2v) is 8.56. The molecule has 25 heavy (non-hydrogen) atoms. The fourth-order valence-electron chi connectivity index (χ4n) is 2.95. The molecule has 4 atom stereocenters. The molecular weight excluding hydrogens is 344 g/mol. The van der Waals surface area contributed by atoms with E-state index in [-0.39, 0.29) is 23.2 Å². The average Bonchev–Trinajstić information content (AvgIpc) is 3.19. The Morgan fingerprint density at radius 2 is 2.28 bits per heavy atom. The van der Waals surface area contributed by atoms with E-state index in [1.807, 2.05) is 4.57 Å². The van der Waals surface area contributed by atoms with Crippen LogP contribution in [-0.2, 0) is 20.4 Å². The summed E-state index contributed by atoms with van der Waals surface area (Å²) >= 11 is 0. The Morgan fingerprint density at radius 3 is 3.04 bits per heavy atom. The standard InChI is InChI=1S/C15H22N6O3S/c1-25(5-4-10(16)15(22)23)6-9-2-3-11(24-9)21-8-20-12-13(17)18-7-19-14(12)21/h7-11H,2-6,16H2,1H3,(H2-,17,18,19,22,23)/p+1. The first-order valence-electron chi connectivity index (χ1n) is 8.11. The van der Waals surface area contributed by atoms with Gasteiger partial charge in [0.2, 0.25) is 0 Å². The van der Waals surface area contributed by atoms with Gasteiger partial charge in [0.15, 0.2) is 11.5 Å². The number of carboxylic acid groups (broad SMARTS) is 1. The molecule has 1 aliphatic rings. The minimum absolute atomic E-state index is 0.0717. The van der Waals surface area contributed by atoms with Gasteiger partial charge in [-0.25, -0.2) is 15.0 Å². The first kappa shape index (κ1) is 17.9. The van der Waals surface area contributed by atoms with Crippen molar-refractivity contribution in [2.45, 2.75) is 37.6 Å². The number of nitrogens with zero attached hydrogens (tertiary/aromatic N) is 4. The number of carbonyl (C=O) groups is 1. The van der Waals surface area contributed by atoms with E-state index in [9.17, 15) is 4.79 Å². The zero-order chi connectivity index (χ0) is 18.0. The normalized spacial score (nSPS) is 23.0. The smallest absolute Gasteiger partial charge is 0.320 e. The van der Waals surface area contributed by atoms with E-state index in [1.54, 1.807) is 6.33 Å². The highest BCUT2D eigenvalue weighted by atomic mass is 32.2. The number of fused-ring (bicyclic) bond motifs is 1. The van der Waals surface area contributed by atoms with Crippen molar-refractivity contribution >= 4 is 33.8 Å². The van der Waals surface area contributed by atoms with Gasteiger partial charge in [0.1, 0.15) is 41.7 Å². The molecule has 136 valence electrons. The van der Waals surface area contributed by atoms with Crippen molar-refractivity contribution in [3.8, 4) is 0 Å². The van der Waals surface area contributed by atoms with Gasteiger partial charge in [-0.3, -0.25) is 9.36 Å². The maximum atomic E-state index is 10.8. The summed E-state index contributed by atoms with van der Waals surface area (Å²) in [5.74, 6) is 1.13. The highest BCUT2D eigenvalue weighted by Gasteiger charge is 2.32. The second kappa shape index (κ2) is 7.54. The van der Waals surface area contributed by atoms with E-state index >= 15 is 0 Å². The summed E-state index contributed by atoms with van der Waals surface area (Å²) < 4.78 is 8.06. The van der Waals surface area contributed by atoms with E-state index in [4.69, 9.17) is 21.3 Å². The lowest BCUT2D eigenvalue weighted by Crippen LogP contribution is -2.33. The summed E-state index contributed by atoms with van der Waals surface area (Å²) in [7, 11) is 0.0717. The summed E-state index contributed by atoms with van der Waals surface area (Å²) in [5, 5.41) is 8.85. The molecule has 5 N–H and O–H groups in total. The third-order valence-electron chi connectivity index (χ3n) is 4.35. The van der Waals surface area contributed by atoms with Gasteiger partial charge >= 0.3 is 5.97 Å². The number of aliphatic carboxylic acids is 1. The Labute approximate surface area is 148 Å². The molecule has 1 fully saturated rings. The van der Waals surface area contributed by atoms with Crippen molar-refractivity contribution in [2.75, 3.05) is 23.5 Å². The molecule has 9 nitrogen and oxygen atoms in total. The zero-order valence-electron chi connectivity index (χ0n) is 14.0. The van der Waals surface area contributed by atoms with Gasteiger partial charge in [-0.1, -0.05) is 0 Å². The van der Waals surface area contributed by atoms with Crippen LogP contribution in [0.3, 0.4) is 0 Å². The molecule has 2 aromatic heterocycles. The minimum atomic E-state index is -0.942. The Balaban J connectivity index is 1.56. The van der Waals surface area contributed by atoms with Crippen LogP contribution in [0.5, 0.6) is 0 Å². The van der Waals surface area contributed by atoms with Crippen molar-refractivity contribution < 1.29 is 14.6 Å². The summed E-state index contributed by atoms with van der Waals surface area (Å²) in [5.41, 5.74) is 12.7. The Morgan fingerprint density at radius 1 is 1.48 bits per heavy atom. The number of nitrogens with two attached hydrogens (primary N) is 2. The van der Waals surface area contributed by atoms with Crippen LogP contribution in [0.4, 0.5) is 5.82 Å². The molecule has 3 rings (SSSR count). The molecular formula is C15H23N6O3S+. The summed E-state index contributed by atoms with van der Waals surface area (Å²) in [6, 6.07) is -0.783. The third-order valence-corrected chi connectivity index (χ3v) is 6.22. The maximum absolute atomic E-state index is 10.8. The molecule has 0 spiro atoms.